The van der Waals surface area contributed by atoms with Gasteiger partial charge in [-0.1, -0.05) is 95.4 Å². The highest BCUT2D eigenvalue weighted by atomic mass is 32.2. The lowest BCUT2D eigenvalue weighted by Gasteiger charge is -2.27. The Morgan fingerprint density at radius 1 is 0.277 bits per heavy atom. The topological polar surface area (TPSA) is 196 Å². The van der Waals surface area contributed by atoms with Crippen LogP contribution in [-0.2, 0) is 50.1 Å². The van der Waals surface area contributed by atoms with Gasteiger partial charge in [0.2, 0.25) is 50.1 Å². The first-order valence-electron chi connectivity index (χ1n) is 29.0. The molecule has 0 unspecified atom stereocenters. The molecule has 0 saturated heterocycles. The average molecular weight is 1240 g/mol. The summed E-state index contributed by atoms with van der Waals surface area (Å²) in [7, 11) is -19.9. The van der Waals surface area contributed by atoms with Crippen molar-refractivity contribution >= 4 is 50.1 Å². The molecule has 0 fully saturated rings. The van der Waals surface area contributed by atoms with Gasteiger partial charge in [-0.05, 0) is 211 Å². The molecule has 0 aromatic heterocycles. The molecule has 0 atom stereocenters. The fourth-order valence-corrected chi connectivity index (χ4v) is 21.5. The summed E-state index contributed by atoms with van der Waals surface area (Å²) >= 11 is 0. The van der Waals surface area contributed by atoms with Crippen LogP contribution in [0, 0.1) is 104 Å². The molecular formula is C63H93N5O10S5. The van der Waals surface area contributed by atoms with Crippen molar-refractivity contribution in [2.45, 2.75) is 187 Å². The maximum Gasteiger partial charge on any atom is 0.243 e. The Morgan fingerprint density at radius 3 is 0.675 bits per heavy atom. The molecule has 0 saturated carbocycles. The molecule has 15 nitrogen and oxygen atoms in total. The molecule has 5 aromatic carbocycles. The number of sulfonamides is 5. The van der Waals surface area contributed by atoms with E-state index in [0.29, 0.717) is 112 Å². The third-order valence-corrected chi connectivity index (χ3v) is 26.0. The van der Waals surface area contributed by atoms with E-state index >= 15 is 0 Å². The minimum atomic E-state index is -4.12. The maximum atomic E-state index is 14.9. The third kappa shape index (κ3) is 17.0. The molecule has 0 spiro atoms. The van der Waals surface area contributed by atoms with E-state index in [2.05, 4.69) is 4.72 Å². The van der Waals surface area contributed by atoms with Crippen LogP contribution in [0.4, 0.5) is 0 Å². The van der Waals surface area contributed by atoms with Crippen molar-refractivity contribution in [1.82, 2.24) is 21.9 Å². The molecule has 5 aromatic rings. The fraction of sp³-hybridized carbons (Fsp3) is 0.524. The lowest BCUT2D eigenvalue weighted by molar-refractivity contribution is 0.344. The normalized spacial score (nSPS) is 12.9. The van der Waals surface area contributed by atoms with Gasteiger partial charge < -0.3 is 0 Å². The van der Waals surface area contributed by atoms with E-state index in [-0.39, 0.29) is 78.5 Å². The zero-order valence-corrected chi connectivity index (χ0v) is 56.3. The maximum absolute atomic E-state index is 14.9. The van der Waals surface area contributed by atoms with Crippen molar-refractivity contribution in [1.29, 1.82) is 0 Å². The molecule has 0 bridgehead atoms. The van der Waals surface area contributed by atoms with E-state index in [0.717, 1.165) is 27.8 Å². The molecule has 0 radical (unpaired) electrons. The summed E-state index contributed by atoms with van der Waals surface area (Å²) in [5.41, 5.74) is 11.0. The van der Waals surface area contributed by atoms with Crippen LogP contribution in [0.15, 0.2) is 85.1 Å². The highest BCUT2D eigenvalue weighted by Gasteiger charge is 2.33. The van der Waals surface area contributed by atoms with Crippen LogP contribution in [0.3, 0.4) is 0 Å². The quantitative estimate of drug-likeness (QED) is 0.0417. The molecule has 0 aliphatic carbocycles. The molecule has 0 amide bonds. The van der Waals surface area contributed by atoms with Gasteiger partial charge in [0.25, 0.3) is 0 Å². The Labute approximate surface area is 500 Å². The number of benzene rings is 5. The number of nitrogens with zero attached hydrogens (tertiary/aromatic N) is 4. The van der Waals surface area contributed by atoms with Gasteiger partial charge in [0.1, 0.15) is 0 Å². The second-order valence-corrected chi connectivity index (χ2v) is 32.3. The number of hydrogen-bond donors (Lipinski definition) is 1. The van der Waals surface area contributed by atoms with Gasteiger partial charge in [0.15, 0.2) is 0 Å². The van der Waals surface area contributed by atoms with Gasteiger partial charge >= 0.3 is 0 Å². The van der Waals surface area contributed by atoms with Gasteiger partial charge in [-0.25, -0.2) is 46.8 Å². The summed E-state index contributed by atoms with van der Waals surface area (Å²) in [6.45, 7) is 30.2. The SMILES string of the molecule is CCN(CCCCN(CCCCN(CCCCN(CCCCNS(=O)(=O)c1c(C)cc(C)cc1C)S(=O)(=O)c1c(C)cc(C)cc1C)S(=O)(=O)c1c(C)cc(C)cc1C)S(=O)(=O)c1c(C)cc(C)cc1C)S(=O)(=O)c1c(C)cc(C)cc1C. The van der Waals surface area contributed by atoms with E-state index in [1.807, 2.05) is 95.3 Å². The number of aryl methyl sites for hydroxylation is 15. The minimum Gasteiger partial charge on any atom is -0.211 e. The van der Waals surface area contributed by atoms with Crippen molar-refractivity contribution in [2.75, 3.05) is 58.9 Å². The summed E-state index contributed by atoms with van der Waals surface area (Å²) in [5.74, 6) is 0. The number of hydrogen-bond acceptors (Lipinski definition) is 10. The Morgan fingerprint density at radius 2 is 0.458 bits per heavy atom. The van der Waals surface area contributed by atoms with Gasteiger partial charge in [-0.15, -0.1) is 0 Å². The highest BCUT2D eigenvalue weighted by molar-refractivity contribution is 7.90. The van der Waals surface area contributed by atoms with Crippen LogP contribution in [0.1, 0.15) is 142 Å². The first-order chi connectivity index (χ1) is 38.6. The van der Waals surface area contributed by atoms with Crippen molar-refractivity contribution in [3.63, 3.8) is 0 Å². The number of unbranched alkanes of at least 4 members (excludes halogenated alkanes) is 4. The Kier molecular flexibility index (Phi) is 24.2. The molecule has 1 N–H and O–H groups in total. The lowest BCUT2D eigenvalue weighted by Crippen LogP contribution is -2.37. The fourth-order valence-electron chi connectivity index (χ4n) is 12.3. The van der Waals surface area contributed by atoms with Crippen molar-refractivity contribution in [2.24, 2.45) is 0 Å². The predicted octanol–water partition coefficient (Wildman–Crippen LogP) is 11.5. The summed E-state index contributed by atoms with van der Waals surface area (Å²) in [6.07, 6.45) is 2.71. The van der Waals surface area contributed by atoms with Gasteiger partial charge in [-0.2, -0.15) is 17.2 Å². The zero-order valence-electron chi connectivity index (χ0n) is 52.2. The average Bonchev–Trinajstić information content (AvgIpc) is 3.51. The van der Waals surface area contributed by atoms with Gasteiger partial charge in [0, 0.05) is 58.9 Å². The van der Waals surface area contributed by atoms with Gasteiger partial charge in [-0.3, -0.25) is 0 Å². The van der Waals surface area contributed by atoms with Crippen LogP contribution >= 0.6 is 0 Å². The van der Waals surface area contributed by atoms with Crippen LogP contribution in [0.5, 0.6) is 0 Å². The van der Waals surface area contributed by atoms with E-state index in [9.17, 15) is 42.1 Å². The Balaban J connectivity index is 1.37. The summed E-state index contributed by atoms with van der Waals surface area (Å²) < 4.78 is 152. The van der Waals surface area contributed by atoms with E-state index in [1.54, 1.807) is 76.2 Å². The van der Waals surface area contributed by atoms with Crippen molar-refractivity contribution in [3.8, 4) is 0 Å². The van der Waals surface area contributed by atoms with Crippen molar-refractivity contribution < 1.29 is 42.1 Å². The second kappa shape index (κ2) is 28.9. The second-order valence-electron chi connectivity index (χ2n) is 23.1. The minimum absolute atomic E-state index is 0.0629. The third-order valence-electron chi connectivity index (χ3n) is 15.4. The highest BCUT2D eigenvalue weighted by Crippen LogP contribution is 2.31. The largest absolute Gasteiger partial charge is 0.243 e. The molecule has 460 valence electrons. The van der Waals surface area contributed by atoms with Crippen LogP contribution in [-0.4, -0.2) is 118 Å². The summed E-state index contributed by atoms with van der Waals surface area (Å²) in [4.78, 5) is 1.16. The zero-order chi connectivity index (χ0) is 62.2. The standard InChI is InChI=1S/C63H93N5O10S5/c1-17-65(80(71,72)60-51(9)36-45(3)37-52(60)10)27-20-21-29-67(82(75,76)62-55(13)40-47(5)41-56(62)14)31-24-25-33-68(83(77,78)63-57(15)42-48(6)43-58(63)16)32-23-22-30-66(81(73,74)61-53(11)38-46(4)39-54(61)12)28-19-18-26-64-79(69,70)59-49(7)34-44(2)35-50(59)8/h34-43,64H,17-33H2,1-16H3. The Hall–Kier alpha value is -4.35. The number of rotatable bonds is 31. The predicted molar refractivity (Wildman–Crippen MR) is 336 cm³/mol. The first-order valence-corrected chi connectivity index (χ1v) is 36.2. The smallest absolute Gasteiger partial charge is 0.211 e. The molecule has 0 aliphatic rings. The Bertz CT molecular complexity index is 3620. The van der Waals surface area contributed by atoms with Crippen LogP contribution < -0.4 is 4.72 Å². The molecule has 0 heterocycles. The monoisotopic (exact) mass is 1240 g/mol. The van der Waals surface area contributed by atoms with E-state index in [4.69, 9.17) is 0 Å². The molecule has 20 heteroatoms. The molecule has 83 heavy (non-hydrogen) atoms. The summed E-state index contributed by atoms with van der Waals surface area (Å²) in [6, 6.07) is 18.4. The van der Waals surface area contributed by atoms with Crippen LogP contribution in [0.2, 0.25) is 0 Å². The lowest BCUT2D eigenvalue weighted by atomic mass is 10.1. The van der Waals surface area contributed by atoms with Crippen LogP contribution in [0.25, 0.3) is 0 Å². The van der Waals surface area contributed by atoms with Crippen molar-refractivity contribution in [3.05, 3.63) is 144 Å². The molecule has 0 aliphatic heterocycles. The summed E-state index contributed by atoms with van der Waals surface area (Å²) in [5, 5.41) is 0. The van der Waals surface area contributed by atoms with E-state index in [1.165, 1.54) is 17.2 Å². The molecule has 5 rings (SSSR count). The molecular weight excluding hydrogens is 1150 g/mol. The number of nitrogens with one attached hydrogen (secondary N) is 1. The van der Waals surface area contributed by atoms with E-state index < -0.39 is 50.1 Å². The van der Waals surface area contributed by atoms with Gasteiger partial charge in [0.05, 0.1) is 24.5 Å². The first kappa shape index (κ1) is 69.4.